The van der Waals surface area contributed by atoms with Crippen LogP contribution in [0.3, 0.4) is 0 Å². The molecular weight excluding hydrogens is 447 g/mol. The van der Waals surface area contributed by atoms with Gasteiger partial charge in [-0.15, -0.1) is 0 Å². The van der Waals surface area contributed by atoms with E-state index in [0.29, 0.717) is 15.8 Å². The molecule has 0 aliphatic carbocycles. The van der Waals surface area contributed by atoms with Crippen LogP contribution in [0.4, 0.5) is 10.5 Å². The third-order valence-corrected chi connectivity index (χ3v) is 5.83. The number of urea groups is 1. The number of anilines is 1. The minimum absolute atomic E-state index is 0.217. The molecule has 3 aromatic carbocycles. The summed E-state index contributed by atoms with van der Waals surface area (Å²) in [6, 6.07) is 21.7. The highest BCUT2D eigenvalue weighted by molar-refractivity contribution is 6.42. The van der Waals surface area contributed by atoms with Gasteiger partial charge in [-0.2, -0.15) is 0 Å². The maximum atomic E-state index is 13.1. The molecule has 0 spiro atoms. The number of nitrogens with zero attached hydrogens (tertiary/aromatic N) is 2. The molecule has 4 rings (SSSR count). The predicted octanol–water partition coefficient (Wildman–Crippen LogP) is 4.63. The molecule has 0 radical (unpaired) electrons. The van der Waals surface area contributed by atoms with Gasteiger partial charge in [-0.05, 0) is 23.8 Å². The molecule has 1 heterocycles. The lowest BCUT2D eigenvalue weighted by Gasteiger charge is -2.21. The van der Waals surface area contributed by atoms with E-state index in [1.165, 1.54) is 4.90 Å². The van der Waals surface area contributed by atoms with E-state index in [-0.39, 0.29) is 12.5 Å². The number of amides is 3. The third kappa shape index (κ3) is 4.61. The second-order valence-corrected chi connectivity index (χ2v) is 8.05. The Morgan fingerprint density at radius 3 is 2.47 bits per heavy atom. The average molecular weight is 467 g/mol. The summed E-state index contributed by atoms with van der Waals surface area (Å²) in [5, 5.41) is 6.26. The fraction of sp³-hybridized carbons (Fsp3) is 0.125. The second kappa shape index (κ2) is 9.42. The molecule has 1 aliphatic heterocycles. The summed E-state index contributed by atoms with van der Waals surface area (Å²) in [7, 11) is 1.67. The summed E-state index contributed by atoms with van der Waals surface area (Å²) >= 11 is 12.0. The monoisotopic (exact) mass is 466 g/mol. The number of halogens is 2. The minimum atomic E-state index is -1.09. The van der Waals surface area contributed by atoms with Crippen molar-refractivity contribution in [3.05, 3.63) is 99.5 Å². The van der Waals surface area contributed by atoms with Gasteiger partial charge in [0.2, 0.25) is 6.17 Å². The van der Waals surface area contributed by atoms with E-state index < -0.39 is 12.2 Å². The summed E-state index contributed by atoms with van der Waals surface area (Å²) in [5.41, 5.74) is 3.80. The molecule has 3 amide bonds. The number of likely N-dealkylation sites (N-methyl/N-ethyl adjacent to an activating group) is 1. The first-order valence-electron chi connectivity index (χ1n) is 9.92. The first kappa shape index (κ1) is 21.9. The van der Waals surface area contributed by atoms with Crippen molar-refractivity contribution in [2.45, 2.75) is 12.7 Å². The fourth-order valence-corrected chi connectivity index (χ4v) is 3.77. The molecular formula is C24H20Cl2N4O2. The topological polar surface area (TPSA) is 73.8 Å². The summed E-state index contributed by atoms with van der Waals surface area (Å²) in [4.78, 5) is 31.9. The summed E-state index contributed by atoms with van der Waals surface area (Å²) in [6.07, 6.45) is -1.09. The lowest BCUT2D eigenvalue weighted by molar-refractivity contribution is -0.119. The Balaban J connectivity index is 1.59. The maximum Gasteiger partial charge on any atom is 0.317 e. The van der Waals surface area contributed by atoms with Crippen molar-refractivity contribution >= 4 is 46.5 Å². The van der Waals surface area contributed by atoms with Gasteiger partial charge in [0.1, 0.15) is 0 Å². The Bertz CT molecular complexity index is 1200. The number of rotatable bonds is 4. The maximum absolute atomic E-state index is 13.1. The van der Waals surface area contributed by atoms with Crippen LogP contribution in [0.2, 0.25) is 10.0 Å². The van der Waals surface area contributed by atoms with Gasteiger partial charge in [0.25, 0.3) is 5.91 Å². The normalized spacial score (nSPS) is 15.5. The molecule has 1 aliphatic rings. The Morgan fingerprint density at radius 2 is 1.72 bits per heavy atom. The lowest BCUT2D eigenvalue weighted by Crippen LogP contribution is -2.49. The first-order valence-corrected chi connectivity index (χ1v) is 10.7. The van der Waals surface area contributed by atoms with Gasteiger partial charge in [-0.1, -0.05) is 77.8 Å². The summed E-state index contributed by atoms with van der Waals surface area (Å²) < 4.78 is 0. The number of benzodiazepines with no additional fused rings is 1. The standard InChI is InChI=1S/C24H20Cl2N4O2/c1-30-20-10-6-5-9-17(20)21(16-7-3-2-4-8-16)28-22(23(30)31)29-24(32)27-14-15-11-12-18(25)19(26)13-15/h2-13,22H,14H2,1H3,(H2,27,29,32)/t22-/m1/s1. The van der Waals surface area contributed by atoms with Crippen molar-refractivity contribution in [1.29, 1.82) is 0 Å². The van der Waals surface area contributed by atoms with Gasteiger partial charge in [0, 0.05) is 24.7 Å². The highest BCUT2D eigenvalue weighted by atomic mass is 35.5. The van der Waals surface area contributed by atoms with Crippen LogP contribution in [-0.4, -0.2) is 30.9 Å². The number of hydrogen-bond donors (Lipinski definition) is 2. The van der Waals surface area contributed by atoms with Crippen LogP contribution in [0.15, 0.2) is 77.8 Å². The highest BCUT2D eigenvalue weighted by Crippen LogP contribution is 2.27. The largest absolute Gasteiger partial charge is 0.334 e. The molecule has 2 N–H and O–H groups in total. The van der Waals surface area contributed by atoms with Crippen molar-refractivity contribution in [2.24, 2.45) is 4.99 Å². The van der Waals surface area contributed by atoms with Crippen molar-refractivity contribution < 1.29 is 9.59 Å². The molecule has 0 unspecified atom stereocenters. The fourth-order valence-electron chi connectivity index (χ4n) is 3.45. The summed E-state index contributed by atoms with van der Waals surface area (Å²) in [5.74, 6) is -0.340. The van der Waals surface area contributed by atoms with Crippen molar-refractivity contribution in [2.75, 3.05) is 11.9 Å². The molecule has 162 valence electrons. The second-order valence-electron chi connectivity index (χ2n) is 7.24. The van der Waals surface area contributed by atoms with Gasteiger partial charge < -0.3 is 15.5 Å². The van der Waals surface area contributed by atoms with E-state index in [1.54, 1.807) is 25.2 Å². The molecule has 0 aromatic heterocycles. The zero-order valence-corrected chi connectivity index (χ0v) is 18.7. The SMILES string of the molecule is CN1C(=O)[C@@H](NC(=O)NCc2ccc(Cl)c(Cl)c2)N=C(c2ccccc2)c2ccccc21. The number of para-hydroxylation sites is 1. The van der Waals surface area contributed by atoms with Crippen LogP contribution in [-0.2, 0) is 11.3 Å². The number of benzene rings is 3. The van der Waals surface area contributed by atoms with E-state index in [0.717, 1.165) is 22.4 Å². The smallest absolute Gasteiger partial charge is 0.317 e. The van der Waals surface area contributed by atoms with E-state index >= 15 is 0 Å². The minimum Gasteiger partial charge on any atom is -0.334 e. The number of fused-ring (bicyclic) bond motifs is 1. The van der Waals surface area contributed by atoms with E-state index in [4.69, 9.17) is 23.2 Å². The zero-order chi connectivity index (χ0) is 22.7. The molecule has 0 fully saturated rings. The number of hydrogen-bond acceptors (Lipinski definition) is 3. The number of carbonyl (C=O) groups is 2. The van der Waals surface area contributed by atoms with Gasteiger partial charge >= 0.3 is 6.03 Å². The first-order chi connectivity index (χ1) is 15.4. The summed E-state index contributed by atoms with van der Waals surface area (Å²) in [6.45, 7) is 0.217. The van der Waals surface area contributed by atoms with Crippen molar-refractivity contribution in [1.82, 2.24) is 10.6 Å². The van der Waals surface area contributed by atoms with Crippen LogP contribution in [0.5, 0.6) is 0 Å². The molecule has 0 saturated carbocycles. The third-order valence-electron chi connectivity index (χ3n) is 5.10. The molecule has 8 heteroatoms. The molecule has 3 aromatic rings. The lowest BCUT2D eigenvalue weighted by atomic mass is 10.0. The average Bonchev–Trinajstić information content (AvgIpc) is 2.91. The highest BCUT2D eigenvalue weighted by Gasteiger charge is 2.30. The molecule has 1 atom stereocenters. The quantitative estimate of drug-likeness (QED) is 0.587. The van der Waals surface area contributed by atoms with Crippen LogP contribution >= 0.6 is 23.2 Å². The number of nitrogens with one attached hydrogen (secondary N) is 2. The van der Waals surface area contributed by atoms with E-state index in [2.05, 4.69) is 15.6 Å². The van der Waals surface area contributed by atoms with Gasteiger partial charge in [-0.3, -0.25) is 4.79 Å². The van der Waals surface area contributed by atoms with Gasteiger partial charge in [0.15, 0.2) is 0 Å². The van der Waals surface area contributed by atoms with Gasteiger partial charge in [0.05, 0.1) is 21.4 Å². The van der Waals surface area contributed by atoms with Crippen molar-refractivity contribution in [3.63, 3.8) is 0 Å². The zero-order valence-electron chi connectivity index (χ0n) is 17.2. The molecule has 0 saturated heterocycles. The number of aliphatic imine (C=N–C) groups is 1. The van der Waals surface area contributed by atoms with Gasteiger partial charge in [-0.25, -0.2) is 9.79 Å². The Morgan fingerprint density at radius 1 is 1.00 bits per heavy atom. The van der Waals surface area contributed by atoms with Crippen molar-refractivity contribution in [3.8, 4) is 0 Å². The predicted molar refractivity (Wildman–Crippen MR) is 128 cm³/mol. The van der Waals surface area contributed by atoms with E-state index in [9.17, 15) is 9.59 Å². The molecule has 6 nitrogen and oxygen atoms in total. The number of carbonyl (C=O) groups excluding carboxylic acids is 2. The van der Waals surface area contributed by atoms with E-state index in [1.807, 2.05) is 54.6 Å². The van der Waals surface area contributed by atoms with Crippen LogP contribution in [0.1, 0.15) is 16.7 Å². The Hall–Kier alpha value is -3.35. The Kier molecular flexibility index (Phi) is 6.44. The molecule has 0 bridgehead atoms. The molecule has 32 heavy (non-hydrogen) atoms. The van der Waals surface area contributed by atoms with Crippen LogP contribution in [0.25, 0.3) is 0 Å². The van der Waals surface area contributed by atoms with Crippen LogP contribution < -0.4 is 15.5 Å². The van der Waals surface area contributed by atoms with Crippen LogP contribution in [0, 0.1) is 0 Å². The Labute approximate surface area is 195 Å².